The van der Waals surface area contributed by atoms with Gasteiger partial charge in [-0.25, -0.2) is 4.58 Å². The Hall–Kier alpha value is -3.07. The molecule has 5 aliphatic rings. The van der Waals surface area contributed by atoms with E-state index in [0.29, 0.717) is 5.92 Å². The van der Waals surface area contributed by atoms with Gasteiger partial charge in [0.1, 0.15) is 24.6 Å². The molecule has 0 fully saturated rings. The van der Waals surface area contributed by atoms with Crippen LogP contribution in [0.2, 0.25) is 0 Å². The topological polar surface area (TPSA) is 15.5 Å². The van der Waals surface area contributed by atoms with Crippen molar-refractivity contribution in [1.29, 1.82) is 0 Å². The van der Waals surface area contributed by atoms with Crippen LogP contribution in [-0.4, -0.2) is 26.2 Å². The lowest BCUT2D eigenvalue weighted by Crippen LogP contribution is -2.45. The van der Waals surface area contributed by atoms with E-state index < -0.39 is 0 Å². The van der Waals surface area contributed by atoms with E-state index in [2.05, 4.69) is 59.7 Å². The number of anilines is 1. The molecule has 3 heteroatoms. The molecule has 0 bridgehead atoms. The van der Waals surface area contributed by atoms with Crippen molar-refractivity contribution < 1.29 is 4.74 Å². The molecule has 5 heterocycles. The highest BCUT2D eigenvalue weighted by atomic mass is 16.5. The summed E-state index contributed by atoms with van der Waals surface area (Å²) in [6.45, 7) is 9.38. The minimum Gasteiger partial charge on any atom is -0.455 e. The predicted octanol–water partition coefficient (Wildman–Crippen LogP) is 5.32. The molecule has 3 aromatic carbocycles. The van der Waals surface area contributed by atoms with Gasteiger partial charge in [0.15, 0.2) is 0 Å². The largest absolute Gasteiger partial charge is 0.455 e. The molecule has 8 rings (SSSR count). The van der Waals surface area contributed by atoms with Crippen LogP contribution in [0.5, 0.6) is 11.5 Å². The first kappa shape index (κ1) is 22.9. The number of nitrogens with zero attached hydrogens (tertiary/aromatic N) is 2. The fourth-order valence-electron chi connectivity index (χ4n) is 8.10. The van der Waals surface area contributed by atoms with Crippen LogP contribution in [0.3, 0.4) is 0 Å². The first-order valence-corrected chi connectivity index (χ1v) is 15.2. The third-order valence-corrected chi connectivity index (χ3v) is 9.57. The van der Waals surface area contributed by atoms with Crippen molar-refractivity contribution in [3.63, 3.8) is 0 Å². The van der Waals surface area contributed by atoms with Gasteiger partial charge in [-0.3, -0.25) is 0 Å². The lowest BCUT2D eigenvalue weighted by atomic mass is 9.82. The Morgan fingerprint density at radius 2 is 1.55 bits per heavy atom. The summed E-state index contributed by atoms with van der Waals surface area (Å²) < 4.78 is 9.82. The minimum absolute atomic E-state index is 0.670. The third kappa shape index (κ3) is 3.43. The highest BCUT2D eigenvalue weighted by Gasteiger charge is 2.35. The van der Waals surface area contributed by atoms with Gasteiger partial charge >= 0.3 is 0 Å². The molecular weight excluding hydrogens is 464 g/mol. The van der Waals surface area contributed by atoms with E-state index in [-0.39, 0.29) is 0 Å². The molecule has 0 aliphatic carbocycles. The molecule has 0 atom stereocenters. The summed E-state index contributed by atoms with van der Waals surface area (Å²) in [5, 5.41) is 2.84. The maximum Gasteiger partial charge on any atom is 0.210 e. The van der Waals surface area contributed by atoms with Crippen molar-refractivity contribution in [3.8, 4) is 11.5 Å². The molecule has 3 aromatic rings. The fourth-order valence-corrected chi connectivity index (χ4v) is 8.10. The summed E-state index contributed by atoms with van der Waals surface area (Å²) >= 11 is 0. The average Bonchev–Trinajstić information content (AvgIpc) is 2.93. The van der Waals surface area contributed by atoms with Crippen molar-refractivity contribution in [2.24, 2.45) is 5.92 Å². The average molecular weight is 504 g/mol. The quantitative estimate of drug-likeness (QED) is 0.352. The van der Waals surface area contributed by atoms with E-state index >= 15 is 0 Å². The van der Waals surface area contributed by atoms with Gasteiger partial charge in [-0.15, -0.1) is 0 Å². The molecule has 194 valence electrons. The molecule has 0 saturated heterocycles. The summed E-state index contributed by atoms with van der Waals surface area (Å²) in [4.78, 5) is 2.65. The van der Waals surface area contributed by atoms with Crippen LogP contribution in [0, 0.1) is 5.92 Å². The van der Waals surface area contributed by atoms with E-state index in [0.717, 1.165) is 30.8 Å². The Morgan fingerprint density at radius 1 is 0.816 bits per heavy atom. The fraction of sp³-hybridized carbons (Fsp3) is 0.457. The number of hydrogen-bond donors (Lipinski definition) is 0. The number of benzene rings is 3. The molecule has 0 N–H and O–H groups in total. The van der Waals surface area contributed by atoms with Gasteiger partial charge in [-0.2, -0.15) is 0 Å². The number of rotatable bonds is 3. The van der Waals surface area contributed by atoms with Crippen molar-refractivity contribution in [1.82, 2.24) is 4.58 Å². The van der Waals surface area contributed by atoms with Gasteiger partial charge in [0.25, 0.3) is 0 Å². The first-order valence-electron chi connectivity index (χ1n) is 15.2. The van der Waals surface area contributed by atoms with E-state index in [1.54, 1.807) is 0 Å². The number of hydrogen-bond acceptors (Lipinski definition) is 2. The highest BCUT2D eigenvalue weighted by molar-refractivity contribution is 5.89. The van der Waals surface area contributed by atoms with Crippen LogP contribution < -0.4 is 24.8 Å². The second-order valence-electron chi connectivity index (χ2n) is 12.6. The maximum absolute atomic E-state index is 7.17. The first-order chi connectivity index (χ1) is 18.7. The van der Waals surface area contributed by atoms with Crippen LogP contribution in [0.15, 0.2) is 36.4 Å². The van der Waals surface area contributed by atoms with Gasteiger partial charge in [-0.05, 0) is 79.7 Å². The van der Waals surface area contributed by atoms with Crippen LogP contribution in [0.25, 0.3) is 5.57 Å². The zero-order chi connectivity index (χ0) is 25.4. The predicted molar refractivity (Wildman–Crippen MR) is 155 cm³/mol. The standard InChI is InChI=1S/C35H39N2O/c1-22(2)19-23-11-13-24(14-12-23)31-29-20-25-7-3-15-36-17-5-9-27(32(25)36)34(29)38-35-28-10-6-18-37-16-4-8-26(33(28)37)21-30(31)35/h11-14,20-22H,3-10,15-19H2,1-2H3/q+1. The number of fused-ring (bicyclic) bond motifs is 4. The molecule has 5 aliphatic heterocycles. The SMILES string of the molecule is CC(C)Cc1ccc(C2=c3cc4c5c(c3Oc3c2cc2c6c3CCCN6CCC2)CCC[N+]=5CCC4)cc1. The summed E-state index contributed by atoms with van der Waals surface area (Å²) in [5.41, 5.74) is 13.0. The maximum atomic E-state index is 7.17. The molecule has 3 nitrogen and oxygen atoms in total. The van der Waals surface area contributed by atoms with E-state index in [1.807, 2.05) is 0 Å². The second-order valence-corrected chi connectivity index (χ2v) is 12.6. The summed E-state index contributed by atoms with van der Waals surface area (Å²) in [6, 6.07) is 14.5. The molecule has 0 radical (unpaired) electrons. The van der Waals surface area contributed by atoms with Gasteiger partial charge < -0.3 is 9.64 Å². The van der Waals surface area contributed by atoms with Crippen molar-refractivity contribution in [2.45, 2.75) is 71.6 Å². The Labute approximate surface area is 226 Å². The number of ether oxygens (including phenoxy) is 1. The molecule has 0 aromatic heterocycles. The summed E-state index contributed by atoms with van der Waals surface area (Å²) in [5.74, 6) is 2.99. The zero-order valence-corrected chi connectivity index (χ0v) is 23.0. The van der Waals surface area contributed by atoms with Crippen LogP contribution in [0.1, 0.15) is 78.5 Å². The van der Waals surface area contributed by atoms with Crippen LogP contribution in [-0.2, 0) is 32.1 Å². The normalized spacial score (nSPS) is 19.0. The molecule has 0 spiro atoms. The van der Waals surface area contributed by atoms with Gasteiger partial charge in [0.2, 0.25) is 5.36 Å². The minimum atomic E-state index is 0.670. The monoisotopic (exact) mass is 503 g/mol. The Kier molecular flexibility index (Phi) is 5.25. The number of aryl methyl sites for hydroxylation is 2. The second kappa shape index (κ2) is 8.73. The lowest BCUT2D eigenvalue weighted by molar-refractivity contribution is 0.431. The summed E-state index contributed by atoms with van der Waals surface area (Å²) in [6.07, 6.45) is 10.7. The van der Waals surface area contributed by atoms with E-state index in [1.165, 1.54) is 125 Å². The highest BCUT2D eigenvalue weighted by Crippen LogP contribution is 2.48. The van der Waals surface area contributed by atoms with E-state index in [4.69, 9.17) is 4.74 Å². The third-order valence-electron chi connectivity index (χ3n) is 9.57. The molecule has 0 amide bonds. The zero-order valence-electron chi connectivity index (χ0n) is 23.0. The molecular formula is C35H39N2O+. The van der Waals surface area contributed by atoms with Gasteiger partial charge in [0.05, 0.1) is 5.56 Å². The smallest absolute Gasteiger partial charge is 0.210 e. The van der Waals surface area contributed by atoms with Gasteiger partial charge in [0, 0.05) is 59.1 Å². The Balaban J connectivity index is 1.45. The lowest BCUT2D eigenvalue weighted by Gasteiger charge is -2.39. The van der Waals surface area contributed by atoms with Crippen LogP contribution >= 0.6 is 0 Å². The molecule has 38 heavy (non-hydrogen) atoms. The van der Waals surface area contributed by atoms with Crippen molar-refractivity contribution >= 4 is 11.3 Å². The van der Waals surface area contributed by atoms with Gasteiger partial charge in [-0.1, -0.05) is 38.1 Å². The molecule has 0 saturated carbocycles. The van der Waals surface area contributed by atoms with Crippen molar-refractivity contribution in [3.05, 3.63) is 85.9 Å². The molecule has 0 unspecified atom stereocenters. The van der Waals surface area contributed by atoms with Crippen LogP contribution in [0.4, 0.5) is 5.69 Å². The Morgan fingerprint density at radius 3 is 2.37 bits per heavy atom. The van der Waals surface area contributed by atoms with E-state index in [9.17, 15) is 0 Å². The van der Waals surface area contributed by atoms with Crippen molar-refractivity contribution in [2.75, 3.05) is 31.1 Å². The summed E-state index contributed by atoms with van der Waals surface area (Å²) in [7, 11) is 0. The Bertz CT molecular complexity index is 1590.